The van der Waals surface area contributed by atoms with Crippen molar-refractivity contribution in [3.8, 4) is 11.8 Å². The van der Waals surface area contributed by atoms with Crippen LogP contribution >= 0.6 is 0 Å². The zero-order chi connectivity index (χ0) is 20.6. The first-order valence-electron chi connectivity index (χ1n) is 8.61. The fourth-order valence-electron chi connectivity index (χ4n) is 2.48. The van der Waals surface area contributed by atoms with Crippen LogP contribution < -0.4 is 10.1 Å². The number of nitriles is 1. The van der Waals surface area contributed by atoms with Gasteiger partial charge in [0.2, 0.25) is 0 Å². The highest BCUT2D eigenvalue weighted by Gasteiger charge is 2.12. The van der Waals surface area contributed by atoms with E-state index in [-0.39, 0.29) is 16.9 Å². The molecule has 6 heteroatoms. The van der Waals surface area contributed by atoms with Gasteiger partial charge in [-0.15, -0.1) is 0 Å². The van der Waals surface area contributed by atoms with Gasteiger partial charge in [-0.3, -0.25) is 4.79 Å². The molecule has 0 saturated carbocycles. The van der Waals surface area contributed by atoms with Crippen molar-refractivity contribution in [2.75, 3.05) is 5.32 Å². The summed E-state index contributed by atoms with van der Waals surface area (Å²) in [4.78, 5) is 24.5. The number of nitrogens with one attached hydrogen (secondary N) is 1. The van der Waals surface area contributed by atoms with Crippen molar-refractivity contribution in [1.29, 1.82) is 5.26 Å². The van der Waals surface area contributed by atoms with Crippen LogP contribution in [0.25, 0.3) is 6.08 Å². The number of rotatable bonds is 5. The van der Waals surface area contributed by atoms with Crippen molar-refractivity contribution in [3.05, 3.63) is 101 Å². The van der Waals surface area contributed by atoms with Crippen molar-refractivity contribution < 1.29 is 18.7 Å². The number of esters is 1. The standard InChI is InChI=1S/C23H15FN2O3/c24-19-8-5-7-17(14-19)23(28)29-21-11-4-6-16(13-21)12-18(15-25)22(27)26-20-9-2-1-3-10-20/h1-14H,(H,26,27)/b18-12+. The maximum absolute atomic E-state index is 13.3. The molecule has 0 aliphatic rings. The minimum Gasteiger partial charge on any atom is -0.423 e. The Bertz CT molecular complexity index is 1120. The molecular formula is C23H15FN2O3. The average Bonchev–Trinajstić information content (AvgIpc) is 2.73. The minimum absolute atomic E-state index is 0.0749. The Morgan fingerprint density at radius 2 is 1.72 bits per heavy atom. The van der Waals surface area contributed by atoms with E-state index in [1.165, 1.54) is 30.3 Å². The smallest absolute Gasteiger partial charge is 0.343 e. The zero-order valence-corrected chi connectivity index (χ0v) is 15.1. The van der Waals surface area contributed by atoms with Crippen LogP contribution in [0.5, 0.6) is 5.75 Å². The van der Waals surface area contributed by atoms with Gasteiger partial charge >= 0.3 is 5.97 Å². The summed E-state index contributed by atoms with van der Waals surface area (Å²) in [6.07, 6.45) is 1.39. The fraction of sp³-hybridized carbons (Fsp3) is 0. The zero-order valence-electron chi connectivity index (χ0n) is 15.1. The first kappa shape index (κ1) is 19.5. The lowest BCUT2D eigenvalue weighted by Crippen LogP contribution is -2.13. The van der Waals surface area contributed by atoms with Gasteiger partial charge in [0, 0.05) is 5.69 Å². The van der Waals surface area contributed by atoms with Gasteiger partial charge in [-0.1, -0.05) is 36.4 Å². The summed E-state index contributed by atoms with van der Waals surface area (Å²) in [6.45, 7) is 0. The molecule has 29 heavy (non-hydrogen) atoms. The van der Waals surface area contributed by atoms with E-state index in [0.29, 0.717) is 11.3 Å². The normalized spacial score (nSPS) is 10.7. The van der Waals surface area contributed by atoms with Crippen LogP contribution in [0.1, 0.15) is 15.9 Å². The molecule has 1 N–H and O–H groups in total. The van der Waals surface area contributed by atoms with Gasteiger partial charge in [-0.25, -0.2) is 9.18 Å². The van der Waals surface area contributed by atoms with E-state index in [2.05, 4.69) is 5.32 Å². The van der Waals surface area contributed by atoms with E-state index >= 15 is 0 Å². The van der Waals surface area contributed by atoms with Crippen LogP contribution in [0.15, 0.2) is 84.4 Å². The molecule has 142 valence electrons. The number of para-hydroxylation sites is 1. The molecule has 0 radical (unpaired) electrons. The van der Waals surface area contributed by atoms with Gasteiger partial charge in [0.1, 0.15) is 23.2 Å². The average molecular weight is 386 g/mol. The lowest BCUT2D eigenvalue weighted by Gasteiger charge is -2.06. The van der Waals surface area contributed by atoms with E-state index in [0.717, 1.165) is 6.07 Å². The number of carbonyl (C=O) groups excluding carboxylic acids is 2. The predicted molar refractivity (Wildman–Crippen MR) is 106 cm³/mol. The lowest BCUT2D eigenvalue weighted by atomic mass is 10.1. The second-order valence-corrected chi connectivity index (χ2v) is 5.96. The molecule has 0 spiro atoms. The largest absolute Gasteiger partial charge is 0.423 e. The summed E-state index contributed by atoms with van der Waals surface area (Å²) >= 11 is 0. The molecule has 0 unspecified atom stereocenters. The number of halogens is 1. The van der Waals surface area contributed by atoms with Crippen molar-refractivity contribution in [3.63, 3.8) is 0 Å². The van der Waals surface area contributed by atoms with Gasteiger partial charge < -0.3 is 10.1 Å². The Balaban J connectivity index is 1.76. The highest BCUT2D eigenvalue weighted by Crippen LogP contribution is 2.18. The summed E-state index contributed by atoms with van der Waals surface area (Å²) in [6, 6.07) is 22.1. The molecule has 0 aromatic heterocycles. The van der Waals surface area contributed by atoms with Crippen LogP contribution in [0.2, 0.25) is 0 Å². The van der Waals surface area contributed by atoms with E-state index in [1.807, 2.05) is 12.1 Å². The number of anilines is 1. The number of nitrogens with zero attached hydrogens (tertiary/aromatic N) is 1. The first-order chi connectivity index (χ1) is 14.0. The van der Waals surface area contributed by atoms with Gasteiger partial charge in [-0.05, 0) is 54.1 Å². The molecule has 0 bridgehead atoms. The summed E-state index contributed by atoms with van der Waals surface area (Å²) in [5.74, 6) is -1.61. The molecule has 0 saturated heterocycles. The molecule has 0 aliphatic carbocycles. The van der Waals surface area contributed by atoms with Crippen LogP contribution in [0.4, 0.5) is 10.1 Å². The third kappa shape index (κ3) is 5.37. The quantitative estimate of drug-likeness (QED) is 0.301. The molecule has 3 aromatic carbocycles. The van der Waals surface area contributed by atoms with E-state index in [9.17, 15) is 19.2 Å². The first-order valence-corrected chi connectivity index (χ1v) is 8.61. The van der Waals surface area contributed by atoms with Crippen LogP contribution in [-0.2, 0) is 4.79 Å². The van der Waals surface area contributed by atoms with Crippen molar-refractivity contribution in [2.45, 2.75) is 0 Å². The Morgan fingerprint density at radius 1 is 0.966 bits per heavy atom. The van der Waals surface area contributed by atoms with Gasteiger partial charge in [0.05, 0.1) is 5.56 Å². The maximum atomic E-state index is 13.3. The Morgan fingerprint density at radius 3 is 2.45 bits per heavy atom. The number of hydrogen-bond acceptors (Lipinski definition) is 4. The Kier molecular flexibility index (Phi) is 6.13. The molecule has 0 atom stereocenters. The molecule has 0 heterocycles. The van der Waals surface area contributed by atoms with Gasteiger partial charge in [0.15, 0.2) is 0 Å². The fourth-order valence-corrected chi connectivity index (χ4v) is 2.48. The van der Waals surface area contributed by atoms with E-state index < -0.39 is 17.7 Å². The molecule has 0 aliphatic heterocycles. The topological polar surface area (TPSA) is 79.2 Å². The third-order valence-corrected chi connectivity index (χ3v) is 3.84. The molecule has 0 fully saturated rings. The highest BCUT2D eigenvalue weighted by molar-refractivity contribution is 6.09. The molecular weight excluding hydrogens is 371 g/mol. The number of carbonyl (C=O) groups is 2. The molecule has 5 nitrogen and oxygen atoms in total. The second kappa shape index (κ2) is 9.11. The number of hydrogen-bond donors (Lipinski definition) is 1. The third-order valence-electron chi connectivity index (χ3n) is 3.84. The van der Waals surface area contributed by atoms with Crippen molar-refractivity contribution >= 4 is 23.6 Å². The van der Waals surface area contributed by atoms with Gasteiger partial charge in [0.25, 0.3) is 5.91 Å². The van der Waals surface area contributed by atoms with Crippen LogP contribution in [-0.4, -0.2) is 11.9 Å². The van der Waals surface area contributed by atoms with Crippen LogP contribution in [0.3, 0.4) is 0 Å². The highest BCUT2D eigenvalue weighted by atomic mass is 19.1. The SMILES string of the molecule is N#C/C(=C\c1cccc(OC(=O)c2cccc(F)c2)c1)C(=O)Nc1ccccc1. The van der Waals surface area contributed by atoms with Gasteiger partial charge in [-0.2, -0.15) is 5.26 Å². The minimum atomic E-state index is -0.715. The molecule has 3 aromatic rings. The summed E-state index contributed by atoms with van der Waals surface area (Å²) in [5, 5.41) is 12.0. The van der Waals surface area contributed by atoms with E-state index in [1.54, 1.807) is 42.5 Å². The summed E-state index contributed by atoms with van der Waals surface area (Å²) in [7, 11) is 0. The molecule has 1 amide bonds. The van der Waals surface area contributed by atoms with E-state index in [4.69, 9.17) is 4.74 Å². The summed E-state index contributed by atoms with van der Waals surface area (Å²) in [5.41, 5.74) is 1.03. The van der Waals surface area contributed by atoms with Crippen molar-refractivity contribution in [2.24, 2.45) is 0 Å². The molecule has 3 rings (SSSR count). The Labute approximate surface area is 166 Å². The predicted octanol–water partition coefficient (Wildman–Crippen LogP) is 4.59. The Hall–Kier alpha value is -4.24. The van der Waals surface area contributed by atoms with Crippen LogP contribution in [0, 0.1) is 17.1 Å². The van der Waals surface area contributed by atoms with Crippen molar-refractivity contribution in [1.82, 2.24) is 0 Å². The second-order valence-electron chi connectivity index (χ2n) is 5.96. The summed E-state index contributed by atoms with van der Waals surface area (Å²) < 4.78 is 18.5. The number of ether oxygens (including phenoxy) is 1. The number of benzene rings is 3. The lowest BCUT2D eigenvalue weighted by molar-refractivity contribution is -0.112. The maximum Gasteiger partial charge on any atom is 0.343 e. The monoisotopic (exact) mass is 386 g/mol. The number of amides is 1.